The molecule has 1 atom stereocenters. The Balaban J connectivity index is 1.67. The van der Waals surface area contributed by atoms with E-state index >= 15 is 0 Å². The molecule has 1 aliphatic rings. The summed E-state index contributed by atoms with van der Waals surface area (Å²) in [7, 11) is 0. The molecular weight excluding hydrogens is 218 g/mol. The summed E-state index contributed by atoms with van der Waals surface area (Å²) in [4.78, 5) is 5.21. The van der Waals surface area contributed by atoms with Crippen LogP contribution in [0.2, 0.25) is 4.47 Å². The van der Waals surface area contributed by atoms with E-state index in [-0.39, 0.29) is 0 Å². The second kappa shape index (κ2) is 5.07. The van der Waals surface area contributed by atoms with Gasteiger partial charge in [-0.1, -0.05) is 11.6 Å². The van der Waals surface area contributed by atoms with Crippen molar-refractivity contribution in [2.75, 3.05) is 19.6 Å². The molecule has 0 spiro atoms. The highest BCUT2D eigenvalue weighted by atomic mass is 35.5. The minimum absolute atomic E-state index is 0.629. The van der Waals surface area contributed by atoms with Crippen molar-refractivity contribution >= 4 is 22.9 Å². The van der Waals surface area contributed by atoms with Crippen LogP contribution in [0, 0.1) is 5.92 Å². The highest BCUT2D eigenvalue weighted by molar-refractivity contribution is 7.15. The molecule has 2 N–H and O–H groups in total. The second-order valence-corrected chi connectivity index (χ2v) is 5.27. The van der Waals surface area contributed by atoms with Gasteiger partial charge in [0.15, 0.2) is 4.47 Å². The van der Waals surface area contributed by atoms with Crippen LogP contribution in [0.4, 0.5) is 0 Å². The summed E-state index contributed by atoms with van der Waals surface area (Å²) in [6.07, 6.45) is 3.13. The average molecular weight is 232 g/mol. The van der Waals surface area contributed by atoms with Gasteiger partial charge in [0, 0.05) is 17.6 Å². The first-order chi connectivity index (χ1) is 6.84. The largest absolute Gasteiger partial charge is 0.316 e. The normalized spacial score (nSPS) is 21.6. The van der Waals surface area contributed by atoms with E-state index in [1.54, 1.807) is 11.3 Å². The van der Waals surface area contributed by atoms with Crippen LogP contribution < -0.4 is 10.6 Å². The lowest BCUT2D eigenvalue weighted by Gasteiger charge is -2.08. The Hall–Kier alpha value is -0.160. The molecule has 14 heavy (non-hydrogen) atoms. The molecule has 0 bridgehead atoms. The van der Waals surface area contributed by atoms with Gasteiger partial charge in [-0.15, -0.1) is 11.3 Å². The SMILES string of the molecule is Clc1ncc(CNC[C@H]2CCNC2)s1. The van der Waals surface area contributed by atoms with Crippen molar-refractivity contribution in [3.63, 3.8) is 0 Å². The van der Waals surface area contributed by atoms with Crippen molar-refractivity contribution in [1.82, 2.24) is 15.6 Å². The number of thiazole rings is 1. The van der Waals surface area contributed by atoms with Gasteiger partial charge in [-0.2, -0.15) is 0 Å². The zero-order valence-corrected chi connectivity index (χ0v) is 9.50. The fourth-order valence-electron chi connectivity index (χ4n) is 1.65. The van der Waals surface area contributed by atoms with E-state index in [2.05, 4.69) is 15.6 Å². The Morgan fingerprint density at radius 2 is 2.64 bits per heavy atom. The van der Waals surface area contributed by atoms with Gasteiger partial charge in [-0.25, -0.2) is 4.98 Å². The molecule has 3 nitrogen and oxygen atoms in total. The molecule has 1 aliphatic heterocycles. The van der Waals surface area contributed by atoms with Crippen LogP contribution in [0.1, 0.15) is 11.3 Å². The Morgan fingerprint density at radius 1 is 1.71 bits per heavy atom. The van der Waals surface area contributed by atoms with Crippen LogP contribution in [0.25, 0.3) is 0 Å². The maximum absolute atomic E-state index is 5.74. The van der Waals surface area contributed by atoms with E-state index in [1.807, 2.05) is 6.20 Å². The molecule has 0 aromatic carbocycles. The summed E-state index contributed by atoms with van der Waals surface area (Å²) in [6.45, 7) is 4.29. The van der Waals surface area contributed by atoms with Gasteiger partial charge in [0.2, 0.25) is 0 Å². The third kappa shape index (κ3) is 2.92. The molecule has 2 heterocycles. The Bertz CT molecular complexity index is 283. The van der Waals surface area contributed by atoms with Crippen molar-refractivity contribution < 1.29 is 0 Å². The van der Waals surface area contributed by atoms with Crippen LogP contribution in [0.5, 0.6) is 0 Å². The number of aromatic nitrogens is 1. The first-order valence-electron chi connectivity index (χ1n) is 4.86. The Morgan fingerprint density at radius 3 is 3.29 bits per heavy atom. The number of rotatable bonds is 4. The summed E-state index contributed by atoms with van der Waals surface area (Å²) in [5.41, 5.74) is 0. The predicted molar refractivity (Wildman–Crippen MR) is 59.8 cm³/mol. The predicted octanol–water partition coefficient (Wildman–Crippen LogP) is 1.50. The average Bonchev–Trinajstić information content (AvgIpc) is 2.77. The number of halogens is 1. The smallest absolute Gasteiger partial charge is 0.183 e. The van der Waals surface area contributed by atoms with E-state index in [1.165, 1.54) is 17.8 Å². The number of nitrogens with zero attached hydrogens (tertiary/aromatic N) is 1. The molecule has 78 valence electrons. The maximum atomic E-state index is 5.74. The lowest BCUT2D eigenvalue weighted by molar-refractivity contribution is 0.514. The molecule has 1 aromatic heterocycles. The molecule has 0 unspecified atom stereocenters. The summed E-state index contributed by atoms with van der Waals surface area (Å²) >= 11 is 7.28. The lowest BCUT2D eigenvalue weighted by Crippen LogP contribution is -2.23. The topological polar surface area (TPSA) is 37.0 Å². The van der Waals surface area contributed by atoms with Gasteiger partial charge in [-0.05, 0) is 32.0 Å². The standard InChI is InChI=1S/C9H14ClN3S/c10-9-13-6-8(14-9)5-12-4-7-1-2-11-3-7/h6-7,11-12H,1-5H2/t7-/m0/s1. The number of nitrogens with one attached hydrogen (secondary N) is 2. The lowest BCUT2D eigenvalue weighted by atomic mass is 10.1. The highest BCUT2D eigenvalue weighted by Gasteiger charge is 2.13. The molecule has 0 aliphatic carbocycles. The van der Waals surface area contributed by atoms with Crippen molar-refractivity contribution in [1.29, 1.82) is 0 Å². The van der Waals surface area contributed by atoms with Crippen LogP contribution in [0.15, 0.2) is 6.20 Å². The minimum atomic E-state index is 0.629. The summed E-state index contributed by atoms with van der Waals surface area (Å²) in [5, 5.41) is 6.78. The van der Waals surface area contributed by atoms with Gasteiger partial charge in [0.25, 0.3) is 0 Å². The van der Waals surface area contributed by atoms with E-state index in [0.717, 1.165) is 25.6 Å². The molecule has 5 heteroatoms. The Kier molecular flexibility index (Phi) is 3.75. The second-order valence-electron chi connectivity index (χ2n) is 3.57. The first-order valence-corrected chi connectivity index (χ1v) is 6.05. The summed E-state index contributed by atoms with van der Waals surface area (Å²) < 4.78 is 0.629. The number of hydrogen-bond acceptors (Lipinski definition) is 4. The zero-order chi connectivity index (χ0) is 9.80. The maximum Gasteiger partial charge on any atom is 0.183 e. The molecular formula is C9H14ClN3S. The highest BCUT2D eigenvalue weighted by Crippen LogP contribution is 2.17. The first kappa shape index (κ1) is 10.4. The van der Waals surface area contributed by atoms with Crippen LogP contribution in [-0.2, 0) is 6.54 Å². The van der Waals surface area contributed by atoms with Gasteiger partial charge >= 0.3 is 0 Å². The van der Waals surface area contributed by atoms with E-state index in [0.29, 0.717) is 4.47 Å². The van der Waals surface area contributed by atoms with Crippen molar-refractivity contribution in [2.45, 2.75) is 13.0 Å². The monoisotopic (exact) mass is 231 g/mol. The molecule has 1 aromatic rings. The van der Waals surface area contributed by atoms with Crippen LogP contribution in [-0.4, -0.2) is 24.6 Å². The minimum Gasteiger partial charge on any atom is -0.316 e. The van der Waals surface area contributed by atoms with Crippen LogP contribution >= 0.6 is 22.9 Å². The molecule has 0 saturated carbocycles. The van der Waals surface area contributed by atoms with Gasteiger partial charge in [-0.3, -0.25) is 0 Å². The fourth-order valence-corrected chi connectivity index (χ4v) is 2.60. The third-order valence-corrected chi connectivity index (χ3v) is 3.53. The van der Waals surface area contributed by atoms with Crippen LogP contribution in [0.3, 0.4) is 0 Å². The molecule has 2 rings (SSSR count). The molecule has 0 amide bonds. The van der Waals surface area contributed by atoms with E-state index < -0.39 is 0 Å². The van der Waals surface area contributed by atoms with Crippen molar-refractivity contribution in [3.05, 3.63) is 15.5 Å². The quantitative estimate of drug-likeness (QED) is 0.825. The van der Waals surface area contributed by atoms with Crippen molar-refractivity contribution in [2.24, 2.45) is 5.92 Å². The molecule has 0 radical (unpaired) electrons. The summed E-state index contributed by atoms with van der Waals surface area (Å²) in [5.74, 6) is 0.790. The van der Waals surface area contributed by atoms with Crippen molar-refractivity contribution in [3.8, 4) is 0 Å². The molecule has 1 saturated heterocycles. The fraction of sp³-hybridized carbons (Fsp3) is 0.667. The van der Waals surface area contributed by atoms with E-state index in [4.69, 9.17) is 11.6 Å². The van der Waals surface area contributed by atoms with Gasteiger partial charge in [0.1, 0.15) is 0 Å². The summed E-state index contributed by atoms with van der Waals surface area (Å²) in [6, 6.07) is 0. The van der Waals surface area contributed by atoms with Gasteiger partial charge in [0.05, 0.1) is 0 Å². The Labute approximate surface area is 92.9 Å². The number of hydrogen-bond donors (Lipinski definition) is 2. The third-order valence-electron chi connectivity index (χ3n) is 2.42. The van der Waals surface area contributed by atoms with Gasteiger partial charge < -0.3 is 10.6 Å². The van der Waals surface area contributed by atoms with E-state index in [9.17, 15) is 0 Å². The molecule has 1 fully saturated rings. The zero-order valence-electron chi connectivity index (χ0n) is 7.92.